The molecule has 0 aliphatic carbocycles. The van der Waals surface area contributed by atoms with E-state index in [2.05, 4.69) is 28.9 Å². The Morgan fingerprint density at radius 1 is 1.09 bits per heavy atom. The molecule has 6 nitrogen and oxygen atoms in total. The molecule has 1 saturated heterocycles. The third kappa shape index (κ3) is 3.25. The first-order valence-electron chi connectivity index (χ1n) is 7.91. The number of piperidine rings is 1. The van der Waals surface area contributed by atoms with Gasteiger partial charge in [0.15, 0.2) is 11.5 Å². The van der Waals surface area contributed by atoms with Gasteiger partial charge in [-0.15, -0.1) is 0 Å². The molecular formula is C17H23N3O3. The number of nitrogens with zero attached hydrogens (tertiary/aromatic N) is 3. The highest BCUT2D eigenvalue weighted by atomic mass is 16.5. The number of aromatic nitrogens is 2. The molecule has 23 heavy (non-hydrogen) atoms. The maximum absolute atomic E-state index is 5.48. The zero-order valence-electron chi connectivity index (χ0n) is 14.1. The maximum atomic E-state index is 5.48. The summed E-state index contributed by atoms with van der Waals surface area (Å²) in [6, 6.07) is 6.19. The molecule has 1 aliphatic heterocycles. The monoisotopic (exact) mass is 317 g/mol. The van der Waals surface area contributed by atoms with Gasteiger partial charge in [-0.05, 0) is 36.5 Å². The largest absolute Gasteiger partial charge is 0.493 e. The van der Waals surface area contributed by atoms with Gasteiger partial charge in [0, 0.05) is 18.7 Å². The summed E-state index contributed by atoms with van der Waals surface area (Å²) in [4.78, 5) is 6.73. The fourth-order valence-corrected chi connectivity index (χ4v) is 3.26. The van der Waals surface area contributed by atoms with E-state index in [4.69, 9.17) is 14.0 Å². The zero-order valence-corrected chi connectivity index (χ0v) is 14.1. The van der Waals surface area contributed by atoms with Crippen molar-refractivity contribution in [3.05, 3.63) is 18.2 Å². The van der Waals surface area contributed by atoms with Crippen molar-refractivity contribution < 1.29 is 14.0 Å². The molecule has 0 amide bonds. The summed E-state index contributed by atoms with van der Waals surface area (Å²) in [5, 5.41) is 4.12. The maximum Gasteiger partial charge on any atom is 0.324 e. The summed E-state index contributed by atoms with van der Waals surface area (Å²) in [6.45, 7) is 6.43. The Balaban J connectivity index is 1.84. The van der Waals surface area contributed by atoms with Crippen LogP contribution < -0.4 is 14.4 Å². The van der Waals surface area contributed by atoms with Crippen LogP contribution in [0, 0.1) is 11.8 Å². The van der Waals surface area contributed by atoms with Crippen molar-refractivity contribution in [1.29, 1.82) is 0 Å². The quantitative estimate of drug-likeness (QED) is 0.863. The van der Waals surface area contributed by atoms with Crippen LogP contribution in [0.25, 0.3) is 11.4 Å². The highest BCUT2D eigenvalue weighted by Gasteiger charge is 2.25. The van der Waals surface area contributed by atoms with Crippen molar-refractivity contribution in [1.82, 2.24) is 10.1 Å². The van der Waals surface area contributed by atoms with Gasteiger partial charge in [-0.3, -0.25) is 0 Å². The van der Waals surface area contributed by atoms with Gasteiger partial charge in [0.2, 0.25) is 5.82 Å². The first kappa shape index (κ1) is 15.6. The van der Waals surface area contributed by atoms with Crippen LogP contribution in [0.3, 0.4) is 0 Å². The first-order valence-corrected chi connectivity index (χ1v) is 7.91. The lowest BCUT2D eigenvalue weighted by atomic mass is 9.92. The SMILES string of the molecule is COc1ccc(-c2noc(N3C[C@H](C)C[C@H](C)C3)n2)cc1OC. The molecule has 1 aromatic heterocycles. The second kappa shape index (κ2) is 6.48. The number of ether oxygens (including phenoxy) is 2. The van der Waals surface area contributed by atoms with Crippen molar-refractivity contribution in [2.24, 2.45) is 11.8 Å². The van der Waals surface area contributed by atoms with Crippen LogP contribution in [-0.2, 0) is 0 Å². The molecule has 1 aromatic carbocycles. The smallest absolute Gasteiger partial charge is 0.324 e. The first-order chi connectivity index (χ1) is 11.1. The van der Waals surface area contributed by atoms with Crippen molar-refractivity contribution in [3.63, 3.8) is 0 Å². The van der Waals surface area contributed by atoms with E-state index in [1.165, 1.54) is 6.42 Å². The van der Waals surface area contributed by atoms with Crippen LogP contribution in [0.5, 0.6) is 11.5 Å². The van der Waals surface area contributed by atoms with E-state index in [1.54, 1.807) is 14.2 Å². The van der Waals surface area contributed by atoms with Gasteiger partial charge < -0.3 is 18.9 Å². The van der Waals surface area contributed by atoms with Crippen molar-refractivity contribution >= 4 is 6.01 Å². The number of rotatable bonds is 4. The van der Waals surface area contributed by atoms with E-state index in [9.17, 15) is 0 Å². The number of hydrogen-bond acceptors (Lipinski definition) is 6. The Labute approximate surface area is 136 Å². The van der Waals surface area contributed by atoms with Gasteiger partial charge in [-0.2, -0.15) is 4.98 Å². The van der Waals surface area contributed by atoms with Gasteiger partial charge in [-0.1, -0.05) is 19.0 Å². The molecule has 6 heteroatoms. The zero-order chi connectivity index (χ0) is 16.4. The summed E-state index contributed by atoms with van der Waals surface area (Å²) < 4.78 is 16.1. The van der Waals surface area contributed by atoms with E-state index < -0.39 is 0 Å². The van der Waals surface area contributed by atoms with Gasteiger partial charge in [0.25, 0.3) is 0 Å². The van der Waals surface area contributed by atoms with Gasteiger partial charge in [0.1, 0.15) is 0 Å². The van der Waals surface area contributed by atoms with Crippen LogP contribution in [0.2, 0.25) is 0 Å². The van der Waals surface area contributed by atoms with Gasteiger partial charge in [-0.25, -0.2) is 0 Å². The molecule has 0 unspecified atom stereocenters. The second-order valence-electron chi connectivity index (χ2n) is 6.32. The summed E-state index contributed by atoms with van der Waals surface area (Å²) >= 11 is 0. The predicted octanol–water partition coefficient (Wildman–Crippen LogP) is 3.24. The van der Waals surface area contributed by atoms with Crippen LogP contribution in [-0.4, -0.2) is 37.4 Å². The highest BCUT2D eigenvalue weighted by Crippen LogP contribution is 2.32. The topological polar surface area (TPSA) is 60.6 Å². The molecule has 124 valence electrons. The highest BCUT2D eigenvalue weighted by molar-refractivity contribution is 5.61. The molecule has 2 aromatic rings. The van der Waals surface area contributed by atoms with E-state index in [1.807, 2.05) is 18.2 Å². The van der Waals surface area contributed by atoms with E-state index in [0.29, 0.717) is 35.2 Å². The summed E-state index contributed by atoms with van der Waals surface area (Å²) in [5.74, 6) is 3.16. The second-order valence-corrected chi connectivity index (χ2v) is 6.32. The van der Waals surface area contributed by atoms with Crippen LogP contribution in [0.15, 0.2) is 22.7 Å². The molecule has 1 aliphatic rings. The number of anilines is 1. The molecule has 0 bridgehead atoms. The fraction of sp³-hybridized carbons (Fsp3) is 0.529. The third-order valence-electron chi connectivity index (χ3n) is 4.20. The lowest BCUT2D eigenvalue weighted by molar-refractivity contribution is 0.326. The Hall–Kier alpha value is -2.24. The molecule has 2 heterocycles. The van der Waals surface area contributed by atoms with Gasteiger partial charge >= 0.3 is 6.01 Å². The summed E-state index contributed by atoms with van der Waals surface area (Å²) in [7, 11) is 3.22. The van der Waals surface area contributed by atoms with Crippen LogP contribution in [0.4, 0.5) is 6.01 Å². The molecule has 3 rings (SSSR count). The van der Waals surface area contributed by atoms with Gasteiger partial charge in [0.05, 0.1) is 14.2 Å². The molecule has 2 atom stereocenters. The normalized spacial score (nSPS) is 21.3. The summed E-state index contributed by atoms with van der Waals surface area (Å²) in [6.07, 6.45) is 1.24. The molecular weight excluding hydrogens is 294 g/mol. The van der Waals surface area contributed by atoms with Crippen LogP contribution in [0.1, 0.15) is 20.3 Å². The van der Waals surface area contributed by atoms with Crippen molar-refractivity contribution in [2.75, 3.05) is 32.2 Å². The Morgan fingerprint density at radius 2 is 1.78 bits per heavy atom. The van der Waals surface area contributed by atoms with E-state index in [0.717, 1.165) is 18.7 Å². The average Bonchev–Trinajstić information content (AvgIpc) is 3.03. The predicted molar refractivity (Wildman–Crippen MR) is 88.0 cm³/mol. The average molecular weight is 317 g/mol. The third-order valence-corrected chi connectivity index (χ3v) is 4.20. The number of methoxy groups -OCH3 is 2. The summed E-state index contributed by atoms with van der Waals surface area (Å²) in [5.41, 5.74) is 0.843. The van der Waals surface area contributed by atoms with Crippen LogP contribution >= 0.6 is 0 Å². The minimum Gasteiger partial charge on any atom is -0.493 e. The molecule has 0 radical (unpaired) electrons. The minimum atomic E-state index is 0.562. The molecule has 0 spiro atoms. The molecule has 1 fully saturated rings. The number of hydrogen-bond donors (Lipinski definition) is 0. The number of benzene rings is 1. The van der Waals surface area contributed by atoms with E-state index >= 15 is 0 Å². The Bertz CT molecular complexity index is 661. The lowest BCUT2D eigenvalue weighted by Crippen LogP contribution is -2.38. The standard InChI is InChI=1S/C17H23N3O3/c1-11-7-12(2)10-20(9-11)17-18-16(19-23-17)13-5-6-14(21-3)15(8-13)22-4/h5-6,8,11-12H,7,9-10H2,1-4H3/t11-,12+. The molecule has 0 N–H and O–H groups in total. The van der Waals surface area contributed by atoms with Crippen molar-refractivity contribution in [3.8, 4) is 22.9 Å². The lowest BCUT2D eigenvalue weighted by Gasteiger charge is -2.33. The minimum absolute atomic E-state index is 0.562. The fourth-order valence-electron chi connectivity index (χ4n) is 3.26. The Morgan fingerprint density at radius 3 is 2.43 bits per heavy atom. The molecule has 0 saturated carbocycles. The van der Waals surface area contributed by atoms with E-state index in [-0.39, 0.29) is 0 Å². The van der Waals surface area contributed by atoms with Crippen molar-refractivity contribution in [2.45, 2.75) is 20.3 Å². The Kier molecular flexibility index (Phi) is 4.41.